The highest BCUT2D eigenvalue weighted by Gasteiger charge is 2.19. The number of unbranched alkanes of at least 4 members (excludes halogenated alkanes) is 1. The zero-order valence-corrected chi connectivity index (χ0v) is 17.5. The fourth-order valence-electron chi connectivity index (χ4n) is 3.76. The van der Waals surface area contributed by atoms with Crippen molar-refractivity contribution in [1.29, 1.82) is 0 Å². The number of allylic oxidation sites excluding steroid dienone is 2. The SMILES string of the molecule is CCC/C=C/[C@H]1CC[C@H](CCc2cnc(-c3ccc(Cl)c(Cl)c3)nc2)CC1. The van der Waals surface area contributed by atoms with E-state index >= 15 is 0 Å². The van der Waals surface area contributed by atoms with Gasteiger partial charge in [0, 0.05) is 18.0 Å². The smallest absolute Gasteiger partial charge is 0.159 e. The van der Waals surface area contributed by atoms with Crippen LogP contribution in [-0.4, -0.2) is 9.97 Å². The van der Waals surface area contributed by atoms with Gasteiger partial charge in [0.1, 0.15) is 0 Å². The van der Waals surface area contributed by atoms with Crippen molar-refractivity contribution in [3.05, 3.63) is 58.4 Å². The standard InChI is InChI=1S/C23H28Cl2N2/c1-2-3-4-5-17-6-8-18(9-7-17)10-11-19-15-26-23(27-16-19)20-12-13-21(24)22(25)14-20/h4-5,12-18H,2-3,6-11H2,1H3/b5-4+/t17-,18-. The second-order valence-corrected chi connectivity index (χ2v) is 8.39. The van der Waals surface area contributed by atoms with Crippen LogP contribution in [0, 0.1) is 11.8 Å². The van der Waals surface area contributed by atoms with E-state index in [-0.39, 0.29) is 0 Å². The summed E-state index contributed by atoms with van der Waals surface area (Å²) in [6.45, 7) is 2.24. The van der Waals surface area contributed by atoms with Crippen molar-refractivity contribution in [3.8, 4) is 11.4 Å². The molecule has 1 saturated carbocycles. The van der Waals surface area contributed by atoms with Gasteiger partial charge < -0.3 is 0 Å². The van der Waals surface area contributed by atoms with Crippen molar-refractivity contribution in [3.63, 3.8) is 0 Å². The number of aryl methyl sites for hydroxylation is 1. The first-order valence-corrected chi connectivity index (χ1v) is 10.8. The highest BCUT2D eigenvalue weighted by atomic mass is 35.5. The average Bonchev–Trinajstić information content (AvgIpc) is 2.70. The summed E-state index contributed by atoms with van der Waals surface area (Å²) in [5.74, 6) is 2.34. The quantitative estimate of drug-likeness (QED) is 0.446. The molecule has 1 fully saturated rings. The summed E-state index contributed by atoms with van der Waals surface area (Å²) in [6, 6.07) is 5.49. The van der Waals surface area contributed by atoms with Crippen LogP contribution in [0.2, 0.25) is 10.0 Å². The molecule has 1 aliphatic carbocycles. The second kappa shape index (κ2) is 10.2. The molecule has 0 amide bonds. The maximum Gasteiger partial charge on any atom is 0.159 e. The normalized spacial score (nSPS) is 20.3. The monoisotopic (exact) mass is 402 g/mol. The molecule has 1 aliphatic rings. The molecule has 1 heterocycles. The lowest BCUT2D eigenvalue weighted by Crippen LogP contribution is -2.13. The summed E-state index contributed by atoms with van der Waals surface area (Å²) >= 11 is 12.1. The summed E-state index contributed by atoms with van der Waals surface area (Å²) in [6.07, 6.45) is 18.9. The predicted molar refractivity (Wildman–Crippen MR) is 115 cm³/mol. The Morgan fingerprint density at radius 1 is 1.04 bits per heavy atom. The topological polar surface area (TPSA) is 25.8 Å². The van der Waals surface area contributed by atoms with Crippen LogP contribution in [0.25, 0.3) is 11.4 Å². The highest BCUT2D eigenvalue weighted by molar-refractivity contribution is 6.42. The first kappa shape index (κ1) is 20.4. The third-order valence-electron chi connectivity index (χ3n) is 5.48. The molecular weight excluding hydrogens is 375 g/mol. The number of rotatable bonds is 7. The molecule has 1 aromatic carbocycles. The molecule has 2 nitrogen and oxygen atoms in total. The van der Waals surface area contributed by atoms with Gasteiger partial charge in [-0.25, -0.2) is 9.97 Å². The van der Waals surface area contributed by atoms with E-state index < -0.39 is 0 Å². The molecule has 3 rings (SSSR count). The van der Waals surface area contributed by atoms with Crippen LogP contribution in [0.4, 0.5) is 0 Å². The largest absolute Gasteiger partial charge is 0.236 e. The Balaban J connectivity index is 1.47. The third kappa shape index (κ3) is 6.05. The van der Waals surface area contributed by atoms with Gasteiger partial charge >= 0.3 is 0 Å². The lowest BCUT2D eigenvalue weighted by atomic mass is 9.79. The van der Waals surface area contributed by atoms with Gasteiger partial charge in [-0.2, -0.15) is 0 Å². The summed E-state index contributed by atoms with van der Waals surface area (Å²) < 4.78 is 0. The first-order chi connectivity index (χ1) is 13.2. The molecule has 1 aromatic heterocycles. The molecule has 0 radical (unpaired) electrons. The number of hydrogen-bond acceptors (Lipinski definition) is 2. The minimum atomic E-state index is 0.530. The Hall–Kier alpha value is -1.38. The average molecular weight is 403 g/mol. The molecule has 4 heteroatoms. The molecule has 0 aliphatic heterocycles. The van der Waals surface area contributed by atoms with Gasteiger partial charge in [0.25, 0.3) is 0 Å². The van der Waals surface area contributed by atoms with Gasteiger partial charge in [0.2, 0.25) is 0 Å². The fourth-order valence-corrected chi connectivity index (χ4v) is 4.06. The van der Waals surface area contributed by atoms with E-state index in [0.717, 1.165) is 23.8 Å². The minimum Gasteiger partial charge on any atom is -0.236 e. The van der Waals surface area contributed by atoms with E-state index in [2.05, 4.69) is 29.0 Å². The van der Waals surface area contributed by atoms with Crippen molar-refractivity contribution in [1.82, 2.24) is 9.97 Å². The van der Waals surface area contributed by atoms with Crippen molar-refractivity contribution in [2.24, 2.45) is 11.8 Å². The summed E-state index contributed by atoms with van der Waals surface area (Å²) in [5, 5.41) is 1.08. The minimum absolute atomic E-state index is 0.530. The predicted octanol–water partition coefficient (Wildman–Crippen LogP) is 7.55. The van der Waals surface area contributed by atoms with Crippen LogP contribution in [-0.2, 0) is 6.42 Å². The lowest BCUT2D eigenvalue weighted by Gasteiger charge is -2.26. The molecule has 0 unspecified atom stereocenters. The van der Waals surface area contributed by atoms with Crippen LogP contribution in [0.15, 0.2) is 42.7 Å². The zero-order valence-electron chi connectivity index (χ0n) is 16.0. The van der Waals surface area contributed by atoms with E-state index in [9.17, 15) is 0 Å². The number of benzene rings is 1. The van der Waals surface area contributed by atoms with Crippen molar-refractivity contribution in [2.45, 2.75) is 58.3 Å². The third-order valence-corrected chi connectivity index (χ3v) is 6.22. The van der Waals surface area contributed by atoms with Crippen LogP contribution in [0.1, 0.15) is 57.4 Å². The van der Waals surface area contributed by atoms with Crippen LogP contribution >= 0.6 is 23.2 Å². The van der Waals surface area contributed by atoms with E-state index in [1.807, 2.05) is 24.5 Å². The second-order valence-electron chi connectivity index (χ2n) is 7.58. The molecule has 144 valence electrons. The van der Waals surface area contributed by atoms with Crippen molar-refractivity contribution < 1.29 is 0 Å². The van der Waals surface area contributed by atoms with Gasteiger partial charge in [0.15, 0.2) is 5.82 Å². The maximum absolute atomic E-state index is 6.08. The van der Waals surface area contributed by atoms with Crippen LogP contribution in [0.3, 0.4) is 0 Å². The van der Waals surface area contributed by atoms with Gasteiger partial charge in [-0.3, -0.25) is 0 Å². The van der Waals surface area contributed by atoms with E-state index in [4.69, 9.17) is 23.2 Å². The van der Waals surface area contributed by atoms with Crippen LogP contribution < -0.4 is 0 Å². The summed E-state index contributed by atoms with van der Waals surface area (Å²) in [5.41, 5.74) is 2.11. The highest BCUT2D eigenvalue weighted by Crippen LogP contribution is 2.32. The Kier molecular flexibility index (Phi) is 7.72. The summed E-state index contributed by atoms with van der Waals surface area (Å²) in [7, 11) is 0. The number of halogens is 2. The maximum atomic E-state index is 6.08. The van der Waals surface area contributed by atoms with Gasteiger partial charge in [0.05, 0.1) is 10.0 Å². The van der Waals surface area contributed by atoms with Gasteiger partial charge in [-0.1, -0.05) is 48.7 Å². The Morgan fingerprint density at radius 3 is 2.44 bits per heavy atom. The number of nitrogens with zero attached hydrogens (tertiary/aromatic N) is 2. The number of aromatic nitrogens is 2. The molecule has 27 heavy (non-hydrogen) atoms. The molecule has 0 saturated heterocycles. The Bertz CT molecular complexity index is 747. The Morgan fingerprint density at radius 2 is 1.78 bits per heavy atom. The molecule has 0 N–H and O–H groups in total. The lowest BCUT2D eigenvalue weighted by molar-refractivity contribution is 0.296. The van der Waals surface area contributed by atoms with Crippen LogP contribution in [0.5, 0.6) is 0 Å². The zero-order chi connectivity index (χ0) is 19.1. The number of hydrogen-bond donors (Lipinski definition) is 0. The van der Waals surface area contributed by atoms with Crippen molar-refractivity contribution >= 4 is 23.2 Å². The Labute approximate surface area is 173 Å². The van der Waals surface area contributed by atoms with E-state index in [1.54, 1.807) is 6.07 Å². The van der Waals surface area contributed by atoms with Crippen molar-refractivity contribution in [2.75, 3.05) is 0 Å². The van der Waals surface area contributed by atoms with Gasteiger partial charge in [-0.05, 0) is 80.5 Å². The molecule has 2 aromatic rings. The molecular formula is C23H28Cl2N2. The molecule has 0 bridgehead atoms. The fraction of sp³-hybridized carbons (Fsp3) is 0.478. The molecule has 0 atom stereocenters. The molecule has 0 spiro atoms. The van der Waals surface area contributed by atoms with Gasteiger partial charge in [-0.15, -0.1) is 0 Å². The van der Waals surface area contributed by atoms with E-state index in [0.29, 0.717) is 15.9 Å². The van der Waals surface area contributed by atoms with E-state index in [1.165, 1.54) is 50.5 Å². The summed E-state index contributed by atoms with van der Waals surface area (Å²) in [4.78, 5) is 9.03. The first-order valence-electron chi connectivity index (χ1n) is 10.1.